The largest absolute Gasteiger partial charge is 0.465 e. The van der Waals surface area contributed by atoms with Crippen LogP contribution in [0.15, 0.2) is 46.3 Å². The maximum atomic E-state index is 13.0. The SMILES string of the molecule is CCOC(=O)Cn1c(=NC(=O)c2ccc(S(=O)(=O)N3CCC(C)CC3)cc2)sc2ccc(Cl)c(Cl)c21. The van der Waals surface area contributed by atoms with Crippen LogP contribution in [0.25, 0.3) is 10.2 Å². The summed E-state index contributed by atoms with van der Waals surface area (Å²) < 4.78 is 34.7. The summed E-state index contributed by atoms with van der Waals surface area (Å²) in [6, 6.07) is 9.09. The molecule has 1 fully saturated rings. The maximum absolute atomic E-state index is 13.0. The number of thiazole rings is 1. The molecule has 3 aromatic rings. The maximum Gasteiger partial charge on any atom is 0.326 e. The van der Waals surface area contributed by atoms with E-state index in [4.69, 9.17) is 27.9 Å². The number of halogens is 2. The van der Waals surface area contributed by atoms with Gasteiger partial charge in [-0.15, -0.1) is 0 Å². The molecule has 2 aromatic carbocycles. The molecule has 36 heavy (non-hydrogen) atoms. The Balaban J connectivity index is 1.67. The van der Waals surface area contributed by atoms with Crippen LogP contribution in [0.1, 0.15) is 37.0 Å². The van der Waals surface area contributed by atoms with Crippen LogP contribution in [-0.4, -0.2) is 48.9 Å². The number of hydrogen-bond donors (Lipinski definition) is 0. The van der Waals surface area contributed by atoms with Crippen LogP contribution in [0.2, 0.25) is 10.0 Å². The molecule has 1 aliphatic rings. The van der Waals surface area contributed by atoms with Crippen molar-refractivity contribution in [2.45, 2.75) is 38.1 Å². The Morgan fingerprint density at radius 1 is 1.11 bits per heavy atom. The fourth-order valence-corrected chi connectivity index (χ4v) is 6.95. The highest BCUT2D eigenvalue weighted by atomic mass is 35.5. The highest BCUT2D eigenvalue weighted by Gasteiger charge is 2.28. The molecule has 192 valence electrons. The molecule has 0 saturated carbocycles. The smallest absolute Gasteiger partial charge is 0.326 e. The Hall–Kier alpha value is -2.24. The number of amides is 1. The van der Waals surface area contributed by atoms with E-state index in [2.05, 4.69) is 11.9 Å². The molecular weight excluding hydrogens is 545 g/mol. The molecule has 2 heterocycles. The van der Waals surface area contributed by atoms with E-state index in [1.807, 2.05) is 0 Å². The monoisotopic (exact) mass is 569 g/mol. The standard InChI is InChI=1S/C24H25Cl2N3O5S2/c1-3-34-20(30)14-29-22-19(9-8-18(25)21(22)26)35-24(29)27-23(31)16-4-6-17(7-5-16)36(32,33)28-12-10-15(2)11-13-28/h4-9,15H,3,10-14H2,1-2H3. The lowest BCUT2D eigenvalue weighted by atomic mass is 10.0. The minimum Gasteiger partial charge on any atom is -0.465 e. The summed E-state index contributed by atoms with van der Waals surface area (Å²) in [6.07, 6.45) is 1.65. The quantitative estimate of drug-likeness (QED) is 0.399. The third-order valence-electron chi connectivity index (χ3n) is 6.01. The Bertz CT molecular complexity index is 1470. The van der Waals surface area contributed by atoms with Crippen LogP contribution in [0, 0.1) is 5.92 Å². The van der Waals surface area contributed by atoms with Crippen molar-refractivity contribution in [1.29, 1.82) is 0 Å². The van der Waals surface area contributed by atoms with Crippen LogP contribution >= 0.6 is 34.5 Å². The van der Waals surface area contributed by atoms with Gasteiger partial charge in [-0.1, -0.05) is 41.5 Å². The Morgan fingerprint density at radius 3 is 2.42 bits per heavy atom. The Morgan fingerprint density at radius 2 is 1.78 bits per heavy atom. The average molecular weight is 571 g/mol. The van der Waals surface area contributed by atoms with Crippen molar-refractivity contribution < 1.29 is 22.7 Å². The number of aromatic nitrogens is 1. The first-order valence-electron chi connectivity index (χ1n) is 11.4. The number of carbonyl (C=O) groups is 2. The molecule has 0 bridgehead atoms. The van der Waals surface area contributed by atoms with Gasteiger partial charge in [-0.05, 0) is 62.1 Å². The second kappa shape index (κ2) is 11.0. The number of fused-ring (bicyclic) bond motifs is 1. The van der Waals surface area contributed by atoms with Crippen molar-refractivity contribution in [3.05, 3.63) is 56.8 Å². The van der Waals surface area contributed by atoms with Gasteiger partial charge in [0.25, 0.3) is 5.91 Å². The average Bonchev–Trinajstić information content (AvgIpc) is 3.19. The Kier molecular flexibility index (Phi) is 8.21. The van der Waals surface area contributed by atoms with E-state index in [1.165, 1.54) is 44.5 Å². The first kappa shape index (κ1) is 26.8. The van der Waals surface area contributed by atoms with Crippen molar-refractivity contribution in [3.63, 3.8) is 0 Å². The number of hydrogen-bond acceptors (Lipinski definition) is 6. The minimum absolute atomic E-state index is 0.134. The fraction of sp³-hybridized carbons (Fsp3) is 0.375. The van der Waals surface area contributed by atoms with E-state index in [0.717, 1.165) is 12.8 Å². The van der Waals surface area contributed by atoms with E-state index < -0.39 is 21.9 Å². The van der Waals surface area contributed by atoms with Gasteiger partial charge in [0.1, 0.15) is 6.54 Å². The lowest BCUT2D eigenvalue weighted by Crippen LogP contribution is -2.37. The number of carbonyl (C=O) groups excluding carboxylic acids is 2. The van der Waals surface area contributed by atoms with Crippen LogP contribution in [0.3, 0.4) is 0 Å². The highest BCUT2D eigenvalue weighted by molar-refractivity contribution is 7.89. The molecule has 1 saturated heterocycles. The van der Waals surface area contributed by atoms with Crippen LogP contribution in [0.4, 0.5) is 0 Å². The summed E-state index contributed by atoms with van der Waals surface area (Å²) >= 11 is 13.8. The van der Waals surface area contributed by atoms with Crippen molar-refractivity contribution >= 4 is 66.7 Å². The van der Waals surface area contributed by atoms with Crippen molar-refractivity contribution in [1.82, 2.24) is 8.87 Å². The zero-order chi connectivity index (χ0) is 26.0. The number of piperidine rings is 1. The molecule has 1 aliphatic heterocycles. The van der Waals surface area contributed by atoms with E-state index in [-0.39, 0.29) is 33.4 Å². The lowest BCUT2D eigenvalue weighted by molar-refractivity contribution is -0.143. The zero-order valence-electron chi connectivity index (χ0n) is 19.7. The summed E-state index contributed by atoms with van der Waals surface area (Å²) in [5.74, 6) is -0.592. The van der Waals surface area contributed by atoms with Crippen LogP contribution in [-0.2, 0) is 26.1 Å². The van der Waals surface area contributed by atoms with Crippen molar-refractivity contribution in [2.75, 3.05) is 19.7 Å². The predicted octanol–water partition coefficient (Wildman–Crippen LogP) is 4.73. The second-order valence-electron chi connectivity index (χ2n) is 8.51. The fourth-order valence-electron chi connectivity index (χ4n) is 3.97. The van der Waals surface area contributed by atoms with Gasteiger partial charge in [-0.2, -0.15) is 9.30 Å². The normalized spacial score (nSPS) is 15.9. The van der Waals surface area contributed by atoms with E-state index in [0.29, 0.717) is 34.2 Å². The number of esters is 1. The number of sulfonamides is 1. The van der Waals surface area contributed by atoms with E-state index in [9.17, 15) is 18.0 Å². The number of ether oxygens (including phenoxy) is 1. The molecular formula is C24H25Cl2N3O5S2. The molecule has 1 amide bonds. The lowest BCUT2D eigenvalue weighted by Gasteiger charge is -2.29. The first-order valence-corrected chi connectivity index (χ1v) is 14.4. The molecule has 0 unspecified atom stereocenters. The minimum atomic E-state index is -3.63. The van der Waals surface area contributed by atoms with Gasteiger partial charge in [0.15, 0.2) is 4.80 Å². The highest BCUT2D eigenvalue weighted by Crippen LogP contribution is 2.32. The van der Waals surface area contributed by atoms with Crippen molar-refractivity contribution in [3.8, 4) is 0 Å². The van der Waals surface area contributed by atoms with Gasteiger partial charge < -0.3 is 9.30 Å². The first-order chi connectivity index (χ1) is 17.1. The summed E-state index contributed by atoms with van der Waals surface area (Å²) in [5.41, 5.74) is 0.691. The summed E-state index contributed by atoms with van der Waals surface area (Å²) in [6.45, 7) is 4.78. The summed E-state index contributed by atoms with van der Waals surface area (Å²) in [7, 11) is -3.63. The third kappa shape index (κ3) is 5.52. The second-order valence-corrected chi connectivity index (χ2v) is 12.2. The zero-order valence-corrected chi connectivity index (χ0v) is 22.9. The van der Waals surface area contributed by atoms with Crippen LogP contribution < -0.4 is 4.80 Å². The van der Waals surface area contributed by atoms with Gasteiger partial charge in [0.05, 0.1) is 31.8 Å². The van der Waals surface area contributed by atoms with E-state index in [1.54, 1.807) is 19.1 Å². The number of benzene rings is 2. The van der Waals surface area contributed by atoms with Gasteiger partial charge in [-0.3, -0.25) is 9.59 Å². The molecule has 0 N–H and O–H groups in total. The summed E-state index contributed by atoms with van der Waals surface area (Å²) in [5, 5.41) is 0.544. The molecule has 0 aliphatic carbocycles. The molecule has 0 spiro atoms. The molecule has 12 heteroatoms. The molecule has 0 radical (unpaired) electrons. The molecule has 8 nitrogen and oxygen atoms in total. The van der Waals surface area contributed by atoms with E-state index >= 15 is 0 Å². The van der Waals surface area contributed by atoms with Gasteiger partial charge in [0, 0.05) is 18.7 Å². The van der Waals surface area contributed by atoms with Gasteiger partial charge >= 0.3 is 5.97 Å². The number of nitrogens with zero attached hydrogens (tertiary/aromatic N) is 3. The topological polar surface area (TPSA) is 98.0 Å². The number of rotatable bonds is 6. The van der Waals surface area contributed by atoms with Gasteiger partial charge in [-0.25, -0.2) is 8.42 Å². The van der Waals surface area contributed by atoms with Crippen molar-refractivity contribution in [2.24, 2.45) is 10.9 Å². The summed E-state index contributed by atoms with van der Waals surface area (Å²) in [4.78, 5) is 29.8. The van der Waals surface area contributed by atoms with Crippen LogP contribution in [0.5, 0.6) is 0 Å². The predicted molar refractivity (Wildman–Crippen MR) is 140 cm³/mol. The molecule has 0 atom stereocenters. The van der Waals surface area contributed by atoms with Gasteiger partial charge in [0.2, 0.25) is 10.0 Å². The molecule has 4 rings (SSSR count). The molecule has 1 aromatic heterocycles. The third-order valence-corrected chi connectivity index (χ3v) is 9.76. The Labute approximate surface area is 223 Å².